The molecular formula is C15H23N3O2. The molecule has 5 heteroatoms. The van der Waals surface area contributed by atoms with E-state index in [4.69, 9.17) is 4.74 Å². The number of rotatable bonds is 5. The molecule has 0 atom stereocenters. The van der Waals surface area contributed by atoms with Gasteiger partial charge in [0.15, 0.2) is 0 Å². The quantitative estimate of drug-likeness (QED) is 0.831. The Hall–Kier alpha value is -1.75. The molecule has 1 aliphatic rings. The average molecular weight is 277 g/mol. The maximum Gasteiger partial charge on any atom is 0.317 e. The average Bonchev–Trinajstić information content (AvgIpc) is 2.52. The summed E-state index contributed by atoms with van der Waals surface area (Å²) in [7, 11) is 1.67. The zero-order valence-corrected chi connectivity index (χ0v) is 12.0. The summed E-state index contributed by atoms with van der Waals surface area (Å²) >= 11 is 0. The third kappa shape index (κ3) is 4.13. The first-order valence-corrected chi connectivity index (χ1v) is 7.13. The van der Waals surface area contributed by atoms with Gasteiger partial charge in [-0.15, -0.1) is 0 Å². The van der Waals surface area contributed by atoms with Crippen LogP contribution in [0, 0.1) is 0 Å². The second-order valence-corrected chi connectivity index (χ2v) is 4.89. The fourth-order valence-corrected chi connectivity index (χ4v) is 2.33. The highest BCUT2D eigenvalue weighted by Crippen LogP contribution is 2.15. The van der Waals surface area contributed by atoms with Crippen molar-refractivity contribution in [3.63, 3.8) is 0 Å². The SMILES string of the molecule is COCCCNC(=O)N1CCN(c2ccccc2)CC1. The van der Waals surface area contributed by atoms with Gasteiger partial charge in [-0.1, -0.05) is 18.2 Å². The van der Waals surface area contributed by atoms with Crippen LogP contribution in [-0.4, -0.2) is 57.4 Å². The van der Waals surface area contributed by atoms with Crippen molar-refractivity contribution in [2.24, 2.45) is 0 Å². The number of hydrogen-bond acceptors (Lipinski definition) is 3. The number of anilines is 1. The highest BCUT2D eigenvalue weighted by atomic mass is 16.5. The van der Waals surface area contributed by atoms with Gasteiger partial charge < -0.3 is 19.9 Å². The molecule has 1 N–H and O–H groups in total. The van der Waals surface area contributed by atoms with Crippen LogP contribution in [0.4, 0.5) is 10.5 Å². The molecule has 1 saturated heterocycles. The van der Waals surface area contributed by atoms with E-state index in [-0.39, 0.29) is 6.03 Å². The molecule has 1 fully saturated rings. The summed E-state index contributed by atoms with van der Waals surface area (Å²) in [6.07, 6.45) is 0.853. The molecule has 0 radical (unpaired) electrons. The molecule has 110 valence electrons. The lowest BCUT2D eigenvalue weighted by Crippen LogP contribution is -2.52. The lowest BCUT2D eigenvalue weighted by atomic mass is 10.2. The normalized spacial score (nSPS) is 15.2. The van der Waals surface area contributed by atoms with Crippen molar-refractivity contribution in [3.8, 4) is 0 Å². The summed E-state index contributed by atoms with van der Waals surface area (Å²) in [5.41, 5.74) is 1.23. The molecule has 0 bridgehead atoms. The molecule has 0 spiro atoms. The largest absolute Gasteiger partial charge is 0.385 e. The number of para-hydroxylation sites is 1. The summed E-state index contributed by atoms with van der Waals surface area (Å²) in [6.45, 7) is 4.66. The Balaban J connectivity index is 1.72. The Bertz CT molecular complexity index is 403. The van der Waals surface area contributed by atoms with Crippen LogP contribution in [0.5, 0.6) is 0 Å². The molecule has 0 unspecified atom stereocenters. The van der Waals surface area contributed by atoms with Crippen LogP contribution < -0.4 is 10.2 Å². The third-order valence-corrected chi connectivity index (χ3v) is 3.49. The number of benzene rings is 1. The lowest BCUT2D eigenvalue weighted by Gasteiger charge is -2.36. The fourth-order valence-electron chi connectivity index (χ4n) is 2.33. The molecular weight excluding hydrogens is 254 g/mol. The second-order valence-electron chi connectivity index (χ2n) is 4.89. The number of hydrogen-bond donors (Lipinski definition) is 1. The van der Waals surface area contributed by atoms with Gasteiger partial charge >= 0.3 is 6.03 Å². The topological polar surface area (TPSA) is 44.8 Å². The molecule has 0 aliphatic carbocycles. The van der Waals surface area contributed by atoms with E-state index in [0.717, 1.165) is 32.6 Å². The van der Waals surface area contributed by atoms with Gasteiger partial charge in [0.2, 0.25) is 0 Å². The minimum absolute atomic E-state index is 0.0359. The summed E-state index contributed by atoms with van der Waals surface area (Å²) in [4.78, 5) is 16.2. The Labute approximate surface area is 120 Å². The van der Waals surface area contributed by atoms with Crippen molar-refractivity contribution in [2.75, 3.05) is 51.3 Å². The number of ether oxygens (including phenoxy) is 1. The van der Waals surface area contributed by atoms with E-state index in [0.29, 0.717) is 13.2 Å². The summed E-state index contributed by atoms with van der Waals surface area (Å²) in [5, 5.41) is 2.93. The minimum atomic E-state index is 0.0359. The molecule has 0 saturated carbocycles. The standard InChI is InChI=1S/C15H23N3O2/c1-20-13-5-8-16-15(19)18-11-9-17(10-12-18)14-6-3-2-4-7-14/h2-4,6-7H,5,8-13H2,1H3,(H,16,19). The van der Waals surface area contributed by atoms with Crippen molar-refractivity contribution in [1.82, 2.24) is 10.2 Å². The zero-order chi connectivity index (χ0) is 14.2. The van der Waals surface area contributed by atoms with Gasteiger partial charge in [0, 0.05) is 52.1 Å². The van der Waals surface area contributed by atoms with Gasteiger partial charge in [-0.3, -0.25) is 0 Å². The van der Waals surface area contributed by atoms with Gasteiger partial charge in [-0.25, -0.2) is 4.79 Å². The van der Waals surface area contributed by atoms with Crippen molar-refractivity contribution in [2.45, 2.75) is 6.42 Å². The van der Waals surface area contributed by atoms with Crippen LogP contribution in [0.15, 0.2) is 30.3 Å². The fraction of sp³-hybridized carbons (Fsp3) is 0.533. The molecule has 2 amide bonds. The minimum Gasteiger partial charge on any atom is -0.385 e. The van der Waals surface area contributed by atoms with Crippen molar-refractivity contribution in [3.05, 3.63) is 30.3 Å². The monoisotopic (exact) mass is 277 g/mol. The Morgan fingerprint density at radius 1 is 1.20 bits per heavy atom. The van der Waals surface area contributed by atoms with E-state index in [1.54, 1.807) is 7.11 Å². The van der Waals surface area contributed by atoms with Crippen molar-refractivity contribution in [1.29, 1.82) is 0 Å². The van der Waals surface area contributed by atoms with Crippen LogP contribution in [0.25, 0.3) is 0 Å². The first kappa shape index (κ1) is 14.7. The van der Waals surface area contributed by atoms with Crippen LogP contribution in [0.1, 0.15) is 6.42 Å². The number of nitrogens with one attached hydrogen (secondary N) is 1. The van der Waals surface area contributed by atoms with Crippen molar-refractivity contribution >= 4 is 11.7 Å². The molecule has 20 heavy (non-hydrogen) atoms. The highest BCUT2D eigenvalue weighted by Gasteiger charge is 2.20. The number of piperazine rings is 1. The number of nitrogens with zero attached hydrogens (tertiary/aromatic N) is 2. The van der Waals surface area contributed by atoms with Gasteiger partial charge in [0.05, 0.1) is 0 Å². The maximum atomic E-state index is 12.0. The lowest BCUT2D eigenvalue weighted by molar-refractivity contribution is 0.183. The predicted octanol–water partition coefficient (Wildman–Crippen LogP) is 1.55. The van der Waals surface area contributed by atoms with Crippen LogP contribution in [0.2, 0.25) is 0 Å². The van der Waals surface area contributed by atoms with Gasteiger partial charge in [0.1, 0.15) is 0 Å². The van der Waals surface area contributed by atoms with E-state index in [1.807, 2.05) is 23.1 Å². The summed E-state index contributed by atoms with van der Waals surface area (Å²) < 4.78 is 4.96. The van der Waals surface area contributed by atoms with Crippen LogP contribution >= 0.6 is 0 Å². The smallest absolute Gasteiger partial charge is 0.317 e. The molecule has 1 heterocycles. The van der Waals surface area contributed by atoms with Gasteiger partial charge in [-0.05, 0) is 18.6 Å². The zero-order valence-electron chi connectivity index (χ0n) is 12.0. The first-order valence-electron chi connectivity index (χ1n) is 7.13. The Kier molecular flexibility index (Phi) is 5.68. The summed E-state index contributed by atoms with van der Waals surface area (Å²) in [6, 6.07) is 10.4. The van der Waals surface area contributed by atoms with E-state index < -0.39 is 0 Å². The number of carbonyl (C=O) groups is 1. The molecule has 1 aliphatic heterocycles. The first-order chi connectivity index (χ1) is 9.81. The van der Waals surface area contributed by atoms with Gasteiger partial charge in [0.25, 0.3) is 0 Å². The van der Waals surface area contributed by atoms with Crippen LogP contribution in [-0.2, 0) is 4.74 Å². The van der Waals surface area contributed by atoms with E-state index in [1.165, 1.54) is 5.69 Å². The number of carbonyl (C=O) groups excluding carboxylic acids is 1. The van der Waals surface area contributed by atoms with Crippen LogP contribution in [0.3, 0.4) is 0 Å². The summed E-state index contributed by atoms with van der Waals surface area (Å²) in [5.74, 6) is 0. The predicted molar refractivity (Wildman–Crippen MR) is 80.1 cm³/mol. The van der Waals surface area contributed by atoms with Gasteiger partial charge in [-0.2, -0.15) is 0 Å². The molecule has 1 aromatic carbocycles. The Morgan fingerprint density at radius 3 is 2.55 bits per heavy atom. The highest BCUT2D eigenvalue weighted by molar-refractivity contribution is 5.74. The van der Waals surface area contributed by atoms with Crippen molar-refractivity contribution < 1.29 is 9.53 Å². The third-order valence-electron chi connectivity index (χ3n) is 3.49. The Morgan fingerprint density at radius 2 is 1.90 bits per heavy atom. The van der Waals surface area contributed by atoms with E-state index >= 15 is 0 Å². The number of amides is 2. The molecule has 1 aromatic rings. The second kappa shape index (κ2) is 7.75. The molecule has 5 nitrogen and oxygen atoms in total. The number of urea groups is 1. The maximum absolute atomic E-state index is 12.0. The van der Waals surface area contributed by atoms with E-state index in [9.17, 15) is 4.79 Å². The molecule has 0 aromatic heterocycles. The van der Waals surface area contributed by atoms with E-state index in [2.05, 4.69) is 22.3 Å². The molecule has 2 rings (SSSR count). The number of methoxy groups -OCH3 is 1.